The summed E-state index contributed by atoms with van der Waals surface area (Å²) in [6, 6.07) is 1.52. The Morgan fingerprint density at radius 3 is 1.43 bits per heavy atom. The molecule has 3 atom stereocenters. The normalized spacial score (nSPS) is 51.0. The van der Waals surface area contributed by atoms with Crippen LogP contribution in [0.15, 0.2) is 0 Å². The molecule has 0 aliphatic carbocycles. The third kappa shape index (κ3) is 0.653. The van der Waals surface area contributed by atoms with E-state index < -0.39 is 0 Å². The minimum Gasteiger partial charge on any atom is -0.311 e. The average Bonchev–Trinajstić information content (AvgIpc) is 1.68. The zero-order valence-corrected chi connectivity index (χ0v) is 5.23. The predicted molar refractivity (Wildman–Crippen MR) is 31.2 cm³/mol. The zero-order chi connectivity index (χ0) is 5.44. The molecule has 1 unspecified atom stereocenters. The van der Waals surface area contributed by atoms with Gasteiger partial charge in [0, 0.05) is 12.1 Å². The highest BCUT2D eigenvalue weighted by Gasteiger charge is 2.28. The third-order valence-corrected chi connectivity index (χ3v) is 2.10. The van der Waals surface area contributed by atoms with Crippen molar-refractivity contribution in [3.05, 3.63) is 0 Å². The Labute approximate surface area is 45.1 Å². The number of rotatable bonds is 0. The van der Waals surface area contributed by atoms with Gasteiger partial charge in [0.25, 0.3) is 0 Å². The first kappa shape index (κ1) is 5.10. The highest BCUT2D eigenvalue weighted by atomic mass is 15.0. The van der Waals surface area contributed by atoms with E-state index in [0.29, 0.717) is 0 Å². The Morgan fingerprint density at radius 2 is 1.43 bits per heavy atom. The van der Waals surface area contributed by atoms with E-state index in [1.807, 2.05) is 0 Å². The van der Waals surface area contributed by atoms with Crippen LogP contribution in [0.2, 0.25) is 0 Å². The maximum atomic E-state index is 3.36. The van der Waals surface area contributed by atoms with Crippen LogP contribution in [-0.4, -0.2) is 12.1 Å². The first-order valence-corrected chi connectivity index (χ1v) is 2.98. The Balaban J connectivity index is 2.29. The molecule has 0 amide bonds. The molecule has 1 aliphatic rings. The molecular weight excluding hydrogens is 86.1 g/mol. The molecule has 1 nitrogen and oxygen atoms in total. The first-order valence-electron chi connectivity index (χ1n) is 2.98. The molecule has 0 spiro atoms. The number of nitrogens with one attached hydrogen (secondary N) is 1. The van der Waals surface area contributed by atoms with E-state index in [4.69, 9.17) is 0 Å². The fourth-order valence-electron chi connectivity index (χ4n) is 1.03. The molecule has 0 bridgehead atoms. The molecule has 1 aliphatic heterocycles. The van der Waals surface area contributed by atoms with Gasteiger partial charge in [-0.1, -0.05) is 6.92 Å². The van der Waals surface area contributed by atoms with Crippen LogP contribution in [0.25, 0.3) is 0 Å². The molecular formula is C6H13N. The zero-order valence-electron chi connectivity index (χ0n) is 5.23. The van der Waals surface area contributed by atoms with Crippen molar-refractivity contribution in [1.82, 2.24) is 5.32 Å². The van der Waals surface area contributed by atoms with E-state index in [1.165, 1.54) is 0 Å². The lowest BCUT2D eigenvalue weighted by Crippen LogP contribution is -2.56. The van der Waals surface area contributed by atoms with Crippen molar-refractivity contribution >= 4 is 0 Å². The molecule has 0 aromatic heterocycles. The molecule has 1 heteroatoms. The summed E-state index contributed by atoms with van der Waals surface area (Å²) in [6.07, 6.45) is 0. The molecule has 0 radical (unpaired) electrons. The van der Waals surface area contributed by atoms with Gasteiger partial charge in [0.1, 0.15) is 0 Å². The summed E-state index contributed by atoms with van der Waals surface area (Å²) in [4.78, 5) is 0. The molecule has 0 saturated carbocycles. The molecule has 0 aromatic carbocycles. The monoisotopic (exact) mass is 99.1 g/mol. The van der Waals surface area contributed by atoms with Crippen LogP contribution >= 0.6 is 0 Å². The van der Waals surface area contributed by atoms with Gasteiger partial charge in [-0.05, 0) is 19.8 Å². The van der Waals surface area contributed by atoms with Crippen LogP contribution in [0.5, 0.6) is 0 Å². The summed E-state index contributed by atoms with van der Waals surface area (Å²) in [5.41, 5.74) is 0. The summed E-state index contributed by atoms with van der Waals surface area (Å²) < 4.78 is 0. The summed E-state index contributed by atoms with van der Waals surface area (Å²) in [5, 5.41) is 3.36. The van der Waals surface area contributed by atoms with E-state index in [9.17, 15) is 0 Å². The van der Waals surface area contributed by atoms with Gasteiger partial charge in [-0.15, -0.1) is 0 Å². The molecule has 1 N–H and O–H groups in total. The van der Waals surface area contributed by atoms with Crippen molar-refractivity contribution in [2.75, 3.05) is 0 Å². The van der Waals surface area contributed by atoms with Gasteiger partial charge in [-0.3, -0.25) is 0 Å². The van der Waals surface area contributed by atoms with Crippen molar-refractivity contribution in [3.63, 3.8) is 0 Å². The van der Waals surface area contributed by atoms with Crippen LogP contribution in [-0.2, 0) is 0 Å². The topological polar surface area (TPSA) is 12.0 Å². The molecule has 1 heterocycles. The quantitative estimate of drug-likeness (QED) is 0.478. The minimum atomic E-state index is 0.759. The largest absolute Gasteiger partial charge is 0.311 e. The standard InChI is InChI=1S/C6H13N/c1-4-5(2)7-6(4)3/h4-7H,1-3H3/t4?,5-,6+. The number of hydrogen-bond donors (Lipinski definition) is 1. The average molecular weight is 99.2 g/mol. The summed E-state index contributed by atoms with van der Waals surface area (Å²) in [7, 11) is 0. The minimum absolute atomic E-state index is 0.759. The highest BCUT2D eigenvalue weighted by molar-refractivity contribution is 4.88. The van der Waals surface area contributed by atoms with Gasteiger partial charge in [-0.2, -0.15) is 0 Å². The lowest BCUT2D eigenvalue weighted by atomic mass is 9.87. The van der Waals surface area contributed by atoms with Crippen molar-refractivity contribution in [2.24, 2.45) is 5.92 Å². The summed E-state index contributed by atoms with van der Waals surface area (Å²) >= 11 is 0. The lowest BCUT2D eigenvalue weighted by molar-refractivity contribution is 0.190. The van der Waals surface area contributed by atoms with E-state index in [2.05, 4.69) is 26.1 Å². The molecule has 1 fully saturated rings. The van der Waals surface area contributed by atoms with E-state index >= 15 is 0 Å². The first-order chi connectivity index (χ1) is 3.22. The Hall–Kier alpha value is -0.0400. The smallest absolute Gasteiger partial charge is 0.00817 e. The van der Waals surface area contributed by atoms with Gasteiger partial charge in [-0.25, -0.2) is 0 Å². The van der Waals surface area contributed by atoms with E-state index in [-0.39, 0.29) is 0 Å². The second-order valence-electron chi connectivity index (χ2n) is 2.60. The maximum Gasteiger partial charge on any atom is 0.00817 e. The predicted octanol–water partition coefficient (Wildman–Crippen LogP) is 1.00. The molecule has 42 valence electrons. The van der Waals surface area contributed by atoms with Crippen molar-refractivity contribution in [2.45, 2.75) is 32.9 Å². The summed E-state index contributed by atoms with van der Waals surface area (Å²) in [5.74, 6) is 0.889. The van der Waals surface area contributed by atoms with Crippen LogP contribution in [0, 0.1) is 5.92 Å². The van der Waals surface area contributed by atoms with Crippen molar-refractivity contribution < 1.29 is 0 Å². The van der Waals surface area contributed by atoms with E-state index in [0.717, 1.165) is 18.0 Å². The van der Waals surface area contributed by atoms with Crippen LogP contribution in [0.4, 0.5) is 0 Å². The van der Waals surface area contributed by atoms with Crippen LogP contribution < -0.4 is 5.32 Å². The lowest BCUT2D eigenvalue weighted by Gasteiger charge is -2.40. The molecule has 7 heavy (non-hydrogen) atoms. The second kappa shape index (κ2) is 1.48. The van der Waals surface area contributed by atoms with Crippen LogP contribution in [0.3, 0.4) is 0 Å². The third-order valence-electron chi connectivity index (χ3n) is 2.10. The van der Waals surface area contributed by atoms with Gasteiger partial charge in [0.2, 0.25) is 0 Å². The second-order valence-corrected chi connectivity index (χ2v) is 2.60. The maximum absolute atomic E-state index is 3.36. The Bertz CT molecular complexity index is 62.6. The summed E-state index contributed by atoms with van der Waals surface area (Å²) in [6.45, 7) is 6.74. The van der Waals surface area contributed by atoms with Crippen molar-refractivity contribution in [1.29, 1.82) is 0 Å². The molecule has 0 aromatic rings. The fraction of sp³-hybridized carbons (Fsp3) is 1.00. The SMILES string of the molecule is CC1[C@H](C)N[C@@H]1C. The van der Waals surface area contributed by atoms with Gasteiger partial charge >= 0.3 is 0 Å². The molecule has 1 rings (SSSR count). The van der Waals surface area contributed by atoms with Gasteiger partial charge in [0.05, 0.1) is 0 Å². The number of hydrogen-bond acceptors (Lipinski definition) is 1. The molecule has 1 saturated heterocycles. The van der Waals surface area contributed by atoms with Gasteiger partial charge < -0.3 is 5.32 Å². The Morgan fingerprint density at radius 1 is 1.00 bits per heavy atom. The van der Waals surface area contributed by atoms with Gasteiger partial charge in [0.15, 0.2) is 0 Å². The fourth-order valence-corrected chi connectivity index (χ4v) is 1.03. The van der Waals surface area contributed by atoms with Crippen molar-refractivity contribution in [3.8, 4) is 0 Å². The van der Waals surface area contributed by atoms with E-state index in [1.54, 1.807) is 0 Å². The van der Waals surface area contributed by atoms with Crippen LogP contribution in [0.1, 0.15) is 20.8 Å². The Kier molecular flexibility index (Phi) is 1.08. The highest BCUT2D eigenvalue weighted by Crippen LogP contribution is 2.18.